The number of nitrogens with zero attached hydrogens (tertiary/aromatic N) is 1. The Morgan fingerprint density at radius 2 is 1.90 bits per heavy atom. The van der Waals surface area contributed by atoms with Crippen LogP contribution in [-0.2, 0) is 0 Å². The third kappa shape index (κ3) is 3.15. The molecular weight excluding hydrogens is 266 g/mol. The normalized spacial score (nSPS) is 16.6. The number of aromatic carboxylic acids is 1. The molecule has 4 heteroatoms. The Morgan fingerprint density at radius 1 is 1.14 bits per heavy atom. The van der Waals surface area contributed by atoms with Crippen molar-refractivity contribution in [1.82, 2.24) is 5.16 Å². The second-order valence-corrected chi connectivity index (χ2v) is 5.70. The Hall–Kier alpha value is -2.10. The van der Waals surface area contributed by atoms with Gasteiger partial charge in [0.2, 0.25) is 0 Å². The van der Waals surface area contributed by atoms with E-state index in [4.69, 9.17) is 9.63 Å². The summed E-state index contributed by atoms with van der Waals surface area (Å²) in [7, 11) is 0. The molecule has 0 atom stereocenters. The number of hydrogen-bond donors (Lipinski definition) is 1. The molecule has 0 spiro atoms. The molecule has 1 N–H and O–H groups in total. The third-order valence-corrected chi connectivity index (χ3v) is 4.23. The van der Waals surface area contributed by atoms with E-state index in [1.807, 2.05) is 12.1 Å². The predicted octanol–water partition coefficient (Wildman–Crippen LogP) is 4.48. The maximum Gasteiger partial charge on any atom is 0.358 e. The highest BCUT2D eigenvalue weighted by Gasteiger charge is 2.16. The molecule has 1 saturated carbocycles. The van der Waals surface area contributed by atoms with Crippen molar-refractivity contribution in [2.75, 3.05) is 0 Å². The van der Waals surface area contributed by atoms with E-state index in [-0.39, 0.29) is 5.69 Å². The minimum atomic E-state index is -1.06. The molecule has 0 amide bonds. The lowest BCUT2D eigenvalue weighted by Crippen LogP contribution is -1.97. The summed E-state index contributed by atoms with van der Waals surface area (Å²) in [6.45, 7) is 0. The fourth-order valence-corrected chi connectivity index (χ4v) is 3.07. The second-order valence-electron chi connectivity index (χ2n) is 5.70. The lowest BCUT2D eigenvalue weighted by molar-refractivity contribution is 0.0686. The van der Waals surface area contributed by atoms with Crippen LogP contribution in [0.4, 0.5) is 0 Å². The molecule has 1 aliphatic rings. The molecule has 3 rings (SSSR count). The van der Waals surface area contributed by atoms with Crippen molar-refractivity contribution in [2.24, 2.45) is 0 Å². The Kier molecular flexibility index (Phi) is 4.04. The van der Waals surface area contributed by atoms with E-state index < -0.39 is 5.97 Å². The van der Waals surface area contributed by atoms with Crippen LogP contribution in [0.15, 0.2) is 34.9 Å². The molecule has 110 valence electrons. The van der Waals surface area contributed by atoms with E-state index in [0.717, 1.165) is 5.56 Å². The van der Waals surface area contributed by atoms with Gasteiger partial charge >= 0.3 is 5.97 Å². The van der Waals surface area contributed by atoms with Crippen LogP contribution in [0.3, 0.4) is 0 Å². The van der Waals surface area contributed by atoms with Crippen LogP contribution in [0, 0.1) is 0 Å². The molecule has 0 saturated heterocycles. The molecule has 1 aliphatic carbocycles. The van der Waals surface area contributed by atoms with Gasteiger partial charge in [0.15, 0.2) is 11.5 Å². The van der Waals surface area contributed by atoms with Crippen molar-refractivity contribution in [3.05, 3.63) is 41.6 Å². The van der Waals surface area contributed by atoms with E-state index in [2.05, 4.69) is 17.3 Å². The SMILES string of the molecule is O=C(O)c1cc(-c2cccc(C3CCCCCC3)c2)on1. The quantitative estimate of drug-likeness (QED) is 0.845. The van der Waals surface area contributed by atoms with Crippen molar-refractivity contribution in [2.45, 2.75) is 44.4 Å². The van der Waals surface area contributed by atoms with Crippen molar-refractivity contribution in [3.63, 3.8) is 0 Å². The number of benzene rings is 1. The number of aromatic nitrogens is 1. The molecule has 1 fully saturated rings. The standard InChI is InChI=1S/C17H19NO3/c19-17(20)15-11-16(21-18-15)14-9-5-8-13(10-14)12-6-3-1-2-4-7-12/h5,8-12H,1-4,6-7H2,(H,19,20). The Bertz CT molecular complexity index is 624. The highest BCUT2D eigenvalue weighted by Crippen LogP contribution is 2.33. The Labute approximate surface area is 123 Å². The van der Waals surface area contributed by atoms with Crippen LogP contribution in [-0.4, -0.2) is 16.2 Å². The van der Waals surface area contributed by atoms with E-state index in [0.29, 0.717) is 11.7 Å². The highest BCUT2D eigenvalue weighted by atomic mass is 16.5. The van der Waals surface area contributed by atoms with Gasteiger partial charge in [0, 0.05) is 11.6 Å². The van der Waals surface area contributed by atoms with Crippen molar-refractivity contribution in [3.8, 4) is 11.3 Å². The minimum absolute atomic E-state index is 0.0510. The first kappa shape index (κ1) is 13.9. The summed E-state index contributed by atoms with van der Waals surface area (Å²) in [5, 5.41) is 12.5. The zero-order valence-corrected chi connectivity index (χ0v) is 11.9. The zero-order valence-electron chi connectivity index (χ0n) is 11.9. The third-order valence-electron chi connectivity index (χ3n) is 4.23. The maximum atomic E-state index is 10.9. The summed E-state index contributed by atoms with van der Waals surface area (Å²) in [6, 6.07) is 9.70. The lowest BCUT2D eigenvalue weighted by atomic mass is 9.90. The number of carboxylic acids is 1. The van der Waals surface area contributed by atoms with Crippen molar-refractivity contribution >= 4 is 5.97 Å². The van der Waals surface area contributed by atoms with Gasteiger partial charge in [0.25, 0.3) is 0 Å². The predicted molar refractivity (Wildman–Crippen MR) is 79.3 cm³/mol. The molecule has 0 unspecified atom stereocenters. The average molecular weight is 285 g/mol. The summed E-state index contributed by atoms with van der Waals surface area (Å²) >= 11 is 0. The largest absolute Gasteiger partial charge is 0.476 e. The van der Waals surface area contributed by atoms with Gasteiger partial charge in [-0.2, -0.15) is 0 Å². The molecule has 1 aromatic carbocycles. The monoisotopic (exact) mass is 285 g/mol. The molecule has 0 radical (unpaired) electrons. The highest BCUT2D eigenvalue weighted by molar-refractivity contribution is 5.86. The van der Waals surface area contributed by atoms with Gasteiger partial charge in [-0.15, -0.1) is 0 Å². The summed E-state index contributed by atoms with van der Waals surface area (Å²) in [5.41, 5.74) is 2.17. The van der Waals surface area contributed by atoms with Crippen molar-refractivity contribution < 1.29 is 14.4 Å². The average Bonchev–Trinajstić information content (AvgIpc) is 2.84. The molecule has 0 aliphatic heterocycles. The van der Waals surface area contributed by atoms with Gasteiger partial charge in [0.1, 0.15) is 0 Å². The summed E-state index contributed by atoms with van der Waals surface area (Å²) in [5.74, 6) is 0.0575. The fraction of sp³-hybridized carbons (Fsp3) is 0.412. The summed E-state index contributed by atoms with van der Waals surface area (Å²) in [4.78, 5) is 10.9. The van der Waals surface area contributed by atoms with Crippen LogP contribution in [0.5, 0.6) is 0 Å². The smallest absolute Gasteiger partial charge is 0.358 e. The van der Waals surface area contributed by atoms with Crippen molar-refractivity contribution in [1.29, 1.82) is 0 Å². The summed E-state index contributed by atoms with van der Waals surface area (Å²) in [6.07, 6.45) is 7.72. The fourth-order valence-electron chi connectivity index (χ4n) is 3.07. The van der Waals surface area contributed by atoms with E-state index >= 15 is 0 Å². The van der Waals surface area contributed by atoms with E-state index in [1.165, 1.54) is 50.2 Å². The van der Waals surface area contributed by atoms with E-state index in [9.17, 15) is 4.79 Å². The number of hydrogen-bond acceptors (Lipinski definition) is 3. The second kappa shape index (κ2) is 6.12. The number of rotatable bonds is 3. The van der Waals surface area contributed by atoms with Crippen LogP contribution < -0.4 is 0 Å². The molecule has 4 nitrogen and oxygen atoms in total. The molecule has 1 aromatic heterocycles. The van der Waals surface area contributed by atoms with Gasteiger partial charge in [-0.25, -0.2) is 4.79 Å². The lowest BCUT2D eigenvalue weighted by Gasteiger charge is -2.15. The first-order valence-electron chi connectivity index (χ1n) is 7.54. The topological polar surface area (TPSA) is 63.3 Å². The van der Waals surface area contributed by atoms with Gasteiger partial charge in [0.05, 0.1) is 0 Å². The van der Waals surface area contributed by atoms with Crippen LogP contribution in [0.1, 0.15) is 60.5 Å². The van der Waals surface area contributed by atoms with Crippen LogP contribution in [0.25, 0.3) is 11.3 Å². The molecule has 2 aromatic rings. The molecule has 1 heterocycles. The number of carbonyl (C=O) groups is 1. The van der Waals surface area contributed by atoms with Crippen LogP contribution in [0.2, 0.25) is 0 Å². The molecule has 0 bridgehead atoms. The van der Waals surface area contributed by atoms with Gasteiger partial charge in [-0.1, -0.05) is 49.0 Å². The number of carboxylic acid groups (broad SMARTS) is 1. The van der Waals surface area contributed by atoms with E-state index in [1.54, 1.807) is 0 Å². The molecule has 21 heavy (non-hydrogen) atoms. The summed E-state index contributed by atoms with van der Waals surface area (Å²) < 4.78 is 5.15. The maximum absolute atomic E-state index is 10.9. The Balaban J connectivity index is 1.86. The first-order chi connectivity index (χ1) is 10.2. The first-order valence-corrected chi connectivity index (χ1v) is 7.54. The van der Waals surface area contributed by atoms with Gasteiger partial charge in [-0.3, -0.25) is 0 Å². The zero-order chi connectivity index (χ0) is 14.7. The molecular formula is C17H19NO3. The van der Waals surface area contributed by atoms with Gasteiger partial charge < -0.3 is 9.63 Å². The van der Waals surface area contributed by atoms with Crippen LogP contribution >= 0.6 is 0 Å². The Morgan fingerprint density at radius 3 is 2.57 bits per heavy atom. The minimum Gasteiger partial charge on any atom is -0.476 e. The van der Waals surface area contributed by atoms with Gasteiger partial charge in [-0.05, 0) is 30.4 Å².